The van der Waals surface area contributed by atoms with Crippen molar-refractivity contribution in [3.8, 4) is 6.07 Å². The number of thioether (sulfide) groups is 1. The van der Waals surface area contributed by atoms with Gasteiger partial charge >= 0.3 is 17.9 Å². The maximum Gasteiger partial charge on any atom is 0.303 e. The van der Waals surface area contributed by atoms with E-state index in [4.69, 9.17) is 41.3 Å². The van der Waals surface area contributed by atoms with Gasteiger partial charge in [0.2, 0.25) is 0 Å². The maximum atomic E-state index is 14.3. The van der Waals surface area contributed by atoms with Crippen molar-refractivity contribution < 1.29 is 42.1 Å². The Bertz CT molecular complexity index is 1420. The number of ether oxygens (including phenoxy) is 4. The molecular formula is C26H24ClF2N5O7S. The van der Waals surface area contributed by atoms with Gasteiger partial charge in [-0.2, -0.15) is 10.4 Å². The number of carbonyl (C=O) groups excluding carboxylic acids is 3. The molecule has 1 aromatic heterocycles. The fraction of sp³-hybridized carbons (Fsp3) is 0.346. The summed E-state index contributed by atoms with van der Waals surface area (Å²) in [4.78, 5) is 40.4. The van der Waals surface area contributed by atoms with Gasteiger partial charge in [0.15, 0.2) is 12.2 Å². The van der Waals surface area contributed by atoms with Crippen molar-refractivity contribution in [1.82, 2.24) is 10.3 Å². The number of carbonyl (C=O) groups is 3. The molecule has 3 rings (SSSR count). The van der Waals surface area contributed by atoms with Crippen LogP contribution in [-0.4, -0.2) is 59.3 Å². The van der Waals surface area contributed by atoms with Crippen LogP contribution in [0.4, 0.5) is 8.78 Å². The van der Waals surface area contributed by atoms with E-state index in [1.165, 1.54) is 25.4 Å². The van der Waals surface area contributed by atoms with Gasteiger partial charge in [-0.15, -0.1) is 0 Å². The third kappa shape index (κ3) is 8.44. The van der Waals surface area contributed by atoms with Crippen LogP contribution in [0.2, 0.25) is 5.02 Å². The lowest BCUT2D eigenvalue weighted by Gasteiger charge is -2.45. The Morgan fingerprint density at radius 2 is 1.79 bits per heavy atom. The number of pyridine rings is 1. The normalized spacial score (nSPS) is 21.9. The Balaban J connectivity index is 2.09. The highest BCUT2D eigenvalue weighted by Gasteiger charge is 2.50. The number of nitrogens with zero attached hydrogens (tertiary/aromatic N) is 3. The zero-order valence-electron chi connectivity index (χ0n) is 22.3. The van der Waals surface area contributed by atoms with Crippen LogP contribution in [0.25, 0.3) is 5.70 Å². The first-order chi connectivity index (χ1) is 19.9. The summed E-state index contributed by atoms with van der Waals surface area (Å²) < 4.78 is 50.9. The molecule has 0 bridgehead atoms. The van der Waals surface area contributed by atoms with E-state index in [1.807, 2.05) is 0 Å². The Kier molecular flexibility index (Phi) is 11.3. The Morgan fingerprint density at radius 3 is 2.33 bits per heavy atom. The standard InChI is InChI=1S/C26H24ClF2N5O7S/c1-12(35)38-11-22-24(39-13(2)36)23(33-10-21(34-31)15-4-19(28)18(7-30)20(29)5-15)25(40-14(3)37)26(41-22)42-17-6-16(27)8-32-9-17/h4-6,8-10,22-26,31,33H,11H2,1-3H3/b21-10-,34-31?/t22?,23?,24-,25?,26+/m0/s1. The van der Waals surface area contributed by atoms with Crippen LogP contribution in [0.5, 0.6) is 0 Å². The highest BCUT2D eigenvalue weighted by molar-refractivity contribution is 7.99. The van der Waals surface area contributed by atoms with E-state index in [2.05, 4.69) is 15.4 Å². The Hall–Kier alpha value is -4.13. The van der Waals surface area contributed by atoms with Crippen molar-refractivity contribution in [2.24, 2.45) is 5.11 Å². The first-order valence-corrected chi connectivity index (χ1v) is 13.3. The number of rotatable bonds is 10. The second kappa shape index (κ2) is 14.7. The molecule has 0 radical (unpaired) electrons. The molecule has 2 aromatic rings. The number of nitrogens with one attached hydrogen (secondary N) is 2. The molecule has 0 saturated carbocycles. The second-order valence-electron chi connectivity index (χ2n) is 8.71. The summed E-state index contributed by atoms with van der Waals surface area (Å²) in [7, 11) is 0. The summed E-state index contributed by atoms with van der Waals surface area (Å²) in [6.07, 6.45) is 0.438. The third-order valence-corrected chi connectivity index (χ3v) is 6.93. The summed E-state index contributed by atoms with van der Waals surface area (Å²) in [6.45, 7) is 3.08. The predicted octanol–water partition coefficient (Wildman–Crippen LogP) is 4.12. The predicted molar refractivity (Wildman–Crippen MR) is 143 cm³/mol. The van der Waals surface area contributed by atoms with Crippen LogP contribution < -0.4 is 5.32 Å². The van der Waals surface area contributed by atoms with Crippen LogP contribution in [0.3, 0.4) is 0 Å². The van der Waals surface area contributed by atoms with Gasteiger partial charge in [-0.25, -0.2) is 14.3 Å². The number of hydrogen-bond acceptors (Lipinski definition) is 13. The summed E-state index contributed by atoms with van der Waals surface area (Å²) in [6, 6.07) is 3.49. The number of esters is 3. The van der Waals surface area contributed by atoms with E-state index >= 15 is 0 Å². The minimum atomic E-state index is -1.25. The van der Waals surface area contributed by atoms with E-state index < -0.39 is 64.9 Å². The highest BCUT2D eigenvalue weighted by atomic mass is 35.5. The number of halogens is 3. The van der Waals surface area contributed by atoms with E-state index in [0.29, 0.717) is 9.92 Å². The van der Waals surface area contributed by atoms with Crippen molar-refractivity contribution in [3.63, 3.8) is 0 Å². The average molecular weight is 624 g/mol. The van der Waals surface area contributed by atoms with Crippen LogP contribution in [0.15, 0.2) is 46.8 Å². The van der Waals surface area contributed by atoms with Gasteiger partial charge in [0.1, 0.15) is 53.2 Å². The molecule has 5 atom stereocenters. The summed E-state index contributed by atoms with van der Waals surface area (Å²) in [5, 5.41) is 15.5. The minimum absolute atomic E-state index is 0.195. The second-order valence-corrected chi connectivity index (χ2v) is 10.3. The molecule has 2 N–H and O–H groups in total. The van der Waals surface area contributed by atoms with Crippen molar-refractivity contribution in [2.75, 3.05) is 6.61 Å². The quantitative estimate of drug-likeness (QED) is 0.221. The number of benzene rings is 1. The molecule has 1 saturated heterocycles. The SMILES string of the molecule is CC(=O)OCC1O[C@H](Sc2cncc(Cl)c2)C(OC(C)=O)C(N/C=C(\N=N)c2cc(F)c(C#N)c(F)c2)[C@H]1OC(C)=O. The topological polar surface area (TPSA) is 173 Å². The molecule has 1 aromatic carbocycles. The van der Waals surface area contributed by atoms with Crippen molar-refractivity contribution in [3.05, 3.63) is 64.6 Å². The molecule has 2 heterocycles. The van der Waals surface area contributed by atoms with E-state index in [1.54, 1.807) is 6.07 Å². The monoisotopic (exact) mass is 623 g/mol. The molecule has 12 nitrogen and oxygen atoms in total. The molecule has 1 aliphatic rings. The van der Waals surface area contributed by atoms with Crippen LogP contribution >= 0.6 is 23.4 Å². The van der Waals surface area contributed by atoms with Crippen molar-refractivity contribution in [2.45, 2.75) is 55.5 Å². The molecule has 42 heavy (non-hydrogen) atoms. The van der Waals surface area contributed by atoms with E-state index in [9.17, 15) is 23.2 Å². The van der Waals surface area contributed by atoms with E-state index in [0.717, 1.165) is 43.9 Å². The summed E-state index contributed by atoms with van der Waals surface area (Å²) in [5.74, 6) is -4.46. The van der Waals surface area contributed by atoms with Gasteiger partial charge in [-0.1, -0.05) is 23.4 Å². The maximum absolute atomic E-state index is 14.3. The Labute approximate surface area is 247 Å². The van der Waals surface area contributed by atoms with Crippen LogP contribution in [-0.2, 0) is 33.3 Å². The van der Waals surface area contributed by atoms with E-state index in [-0.39, 0.29) is 17.9 Å². The van der Waals surface area contributed by atoms with Gasteiger partial charge in [-0.3, -0.25) is 19.4 Å². The number of aromatic nitrogens is 1. The number of hydrogen-bond donors (Lipinski definition) is 2. The van der Waals surface area contributed by atoms with Crippen LogP contribution in [0, 0.1) is 28.5 Å². The zero-order valence-corrected chi connectivity index (χ0v) is 23.9. The molecule has 3 unspecified atom stereocenters. The Morgan fingerprint density at radius 1 is 1.14 bits per heavy atom. The largest absolute Gasteiger partial charge is 0.463 e. The molecule has 1 aliphatic heterocycles. The van der Waals surface area contributed by atoms with Gasteiger partial charge in [0.05, 0.1) is 5.02 Å². The average Bonchev–Trinajstić information content (AvgIpc) is 2.90. The fourth-order valence-corrected chi connectivity index (χ4v) is 5.35. The van der Waals surface area contributed by atoms with Crippen molar-refractivity contribution in [1.29, 1.82) is 10.8 Å². The first-order valence-electron chi connectivity index (χ1n) is 12.1. The van der Waals surface area contributed by atoms with Crippen molar-refractivity contribution >= 4 is 47.0 Å². The summed E-state index contributed by atoms with van der Waals surface area (Å²) >= 11 is 7.13. The van der Waals surface area contributed by atoms with Gasteiger partial charge in [0.25, 0.3) is 0 Å². The molecule has 0 aliphatic carbocycles. The number of nitriles is 1. The highest BCUT2D eigenvalue weighted by Crippen LogP contribution is 2.37. The van der Waals surface area contributed by atoms with Gasteiger partial charge in [-0.05, 0) is 18.2 Å². The smallest absolute Gasteiger partial charge is 0.303 e. The molecule has 1 fully saturated rings. The van der Waals surface area contributed by atoms with Gasteiger partial charge < -0.3 is 24.3 Å². The van der Waals surface area contributed by atoms with Gasteiger partial charge in [0, 0.05) is 49.8 Å². The van der Waals surface area contributed by atoms with Crippen LogP contribution in [0.1, 0.15) is 31.9 Å². The third-order valence-electron chi connectivity index (χ3n) is 5.62. The minimum Gasteiger partial charge on any atom is -0.463 e. The molecule has 16 heteroatoms. The lowest BCUT2D eigenvalue weighted by Crippen LogP contribution is -2.64. The molecular weight excluding hydrogens is 600 g/mol. The molecule has 0 spiro atoms. The lowest BCUT2D eigenvalue weighted by atomic mass is 9.96. The zero-order chi connectivity index (χ0) is 31.0. The summed E-state index contributed by atoms with van der Waals surface area (Å²) in [5.41, 5.74) is 5.26. The lowest BCUT2D eigenvalue weighted by molar-refractivity contribution is -0.203. The molecule has 0 amide bonds. The fourth-order valence-electron chi connectivity index (χ4n) is 3.97. The first kappa shape index (κ1) is 32.4. The molecule has 222 valence electrons.